The molecule has 2 aromatic rings. The topological polar surface area (TPSA) is 119 Å². The molecule has 1 aromatic heterocycles. The number of para-hydroxylation sites is 1. The quantitative estimate of drug-likeness (QED) is 0.694. The fourth-order valence-electron chi connectivity index (χ4n) is 2.93. The van der Waals surface area contributed by atoms with Crippen LogP contribution in [0.15, 0.2) is 24.3 Å². The number of esters is 1. The van der Waals surface area contributed by atoms with Gasteiger partial charge in [-0.2, -0.15) is 0 Å². The van der Waals surface area contributed by atoms with Crippen molar-refractivity contribution in [1.82, 2.24) is 0 Å². The molecule has 0 unspecified atom stereocenters. The van der Waals surface area contributed by atoms with Crippen LogP contribution in [0.3, 0.4) is 0 Å². The normalized spacial score (nSPS) is 12.9. The Kier molecular flexibility index (Phi) is 5.22. The van der Waals surface area contributed by atoms with Gasteiger partial charge in [0.2, 0.25) is 0 Å². The molecule has 0 fully saturated rings. The number of phenolic OH excluding ortho intramolecular Hbond substituents is 1. The molecule has 1 aromatic carbocycles. The van der Waals surface area contributed by atoms with Crippen LogP contribution in [0.25, 0.3) is 0 Å². The zero-order valence-corrected chi connectivity index (χ0v) is 14.7. The molecule has 2 amide bonds. The summed E-state index contributed by atoms with van der Waals surface area (Å²) in [4.78, 5) is 36.9. The van der Waals surface area contributed by atoms with Crippen LogP contribution in [-0.4, -0.2) is 29.5 Å². The lowest BCUT2D eigenvalue weighted by Gasteiger charge is -2.11. The summed E-state index contributed by atoms with van der Waals surface area (Å²) < 4.78 is 4.92. The molecule has 7 nitrogen and oxygen atoms in total. The number of primary amides is 1. The van der Waals surface area contributed by atoms with Crippen LogP contribution < -0.4 is 11.1 Å². The zero-order chi connectivity index (χ0) is 18.7. The Labute approximate surface area is 153 Å². The number of rotatable bonds is 5. The molecule has 0 saturated carbocycles. The van der Waals surface area contributed by atoms with E-state index in [9.17, 15) is 19.5 Å². The maximum atomic E-state index is 12.1. The number of carbonyl (C=O) groups is 3. The summed E-state index contributed by atoms with van der Waals surface area (Å²) in [6.07, 6.45) is 3.65. The number of fused-ring (bicyclic) bond motifs is 1. The molecule has 1 heterocycles. The van der Waals surface area contributed by atoms with Crippen molar-refractivity contribution in [3.05, 3.63) is 45.8 Å². The Morgan fingerprint density at radius 2 is 1.92 bits per heavy atom. The Bertz CT molecular complexity index is 874. The molecule has 0 radical (unpaired) electrons. The lowest BCUT2D eigenvalue weighted by atomic mass is 9.95. The van der Waals surface area contributed by atoms with Crippen LogP contribution in [0, 0.1) is 0 Å². The van der Waals surface area contributed by atoms with Crippen molar-refractivity contribution in [2.45, 2.75) is 25.7 Å². The van der Waals surface area contributed by atoms with E-state index in [0.29, 0.717) is 10.6 Å². The number of hydrogen-bond acceptors (Lipinski definition) is 6. The van der Waals surface area contributed by atoms with Gasteiger partial charge < -0.3 is 20.9 Å². The van der Waals surface area contributed by atoms with E-state index in [2.05, 4.69) is 5.32 Å². The number of nitrogens with two attached hydrogens (primary N) is 1. The number of benzene rings is 1. The van der Waals surface area contributed by atoms with E-state index in [1.54, 1.807) is 12.1 Å². The largest absolute Gasteiger partial charge is 0.507 e. The van der Waals surface area contributed by atoms with Crippen LogP contribution >= 0.6 is 11.3 Å². The molecule has 8 heteroatoms. The van der Waals surface area contributed by atoms with Gasteiger partial charge in [0.1, 0.15) is 16.3 Å². The summed E-state index contributed by atoms with van der Waals surface area (Å²) in [5.74, 6) is -2.18. The van der Waals surface area contributed by atoms with Crippen molar-refractivity contribution in [2.75, 3.05) is 11.9 Å². The first kappa shape index (κ1) is 17.9. The summed E-state index contributed by atoms with van der Waals surface area (Å²) in [7, 11) is 0. The van der Waals surface area contributed by atoms with Crippen LogP contribution in [-0.2, 0) is 22.4 Å². The summed E-state index contributed by atoms with van der Waals surface area (Å²) >= 11 is 1.34. The molecule has 4 N–H and O–H groups in total. The van der Waals surface area contributed by atoms with Gasteiger partial charge in [-0.05, 0) is 43.4 Å². The molecule has 3 rings (SSSR count). The van der Waals surface area contributed by atoms with Crippen molar-refractivity contribution in [3.63, 3.8) is 0 Å². The first-order chi connectivity index (χ1) is 12.5. The minimum absolute atomic E-state index is 0.0234. The fourth-order valence-corrected chi connectivity index (χ4v) is 4.24. The van der Waals surface area contributed by atoms with E-state index in [1.807, 2.05) is 0 Å². The van der Waals surface area contributed by atoms with Crippen molar-refractivity contribution in [2.24, 2.45) is 5.73 Å². The van der Waals surface area contributed by atoms with E-state index in [1.165, 1.54) is 23.5 Å². The SMILES string of the molecule is NC(=O)c1c(NC(=O)COC(=O)c2ccccc2O)sc2c1CCCC2. The Hall–Kier alpha value is -2.87. The van der Waals surface area contributed by atoms with Gasteiger partial charge in [-0.15, -0.1) is 11.3 Å². The number of carbonyl (C=O) groups excluding carboxylic acids is 3. The number of ether oxygens (including phenoxy) is 1. The highest BCUT2D eigenvalue weighted by Crippen LogP contribution is 2.37. The average Bonchev–Trinajstić information content (AvgIpc) is 2.98. The van der Waals surface area contributed by atoms with Crippen molar-refractivity contribution >= 4 is 34.1 Å². The number of aryl methyl sites for hydroxylation is 1. The van der Waals surface area contributed by atoms with Crippen LogP contribution in [0.4, 0.5) is 5.00 Å². The molecule has 26 heavy (non-hydrogen) atoms. The predicted octanol–water partition coefficient (Wildman–Crippen LogP) is 2.23. The summed E-state index contributed by atoms with van der Waals surface area (Å²) in [6, 6.07) is 5.90. The minimum atomic E-state index is -0.807. The van der Waals surface area contributed by atoms with Crippen LogP contribution in [0.2, 0.25) is 0 Å². The van der Waals surface area contributed by atoms with Gasteiger partial charge in [0.05, 0.1) is 5.56 Å². The third-order valence-corrected chi connectivity index (χ3v) is 5.34. The van der Waals surface area contributed by atoms with Crippen molar-refractivity contribution < 1.29 is 24.2 Å². The highest BCUT2D eigenvalue weighted by atomic mass is 32.1. The van der Waals surface area contributed by atoms with Gasteiger partial charge in [0.25, 0.3) is 11.8 Å². The number of thiophene rings is 1. The van der Waals surface area contributed by atoms with Gasteiger partial charge in [-0.25, -0.2) is 4.79 Å². The summed E-state index contributed by atoms with van der Waals surface area (Å²) in [6.45, 7) is -0.534. The number of nitrogens with one attached hydrogen (secondary N) is 1. The zero-order valence-electron chi connectivity index (χ0n) is 13.9. The van der Waals surface area contributed by atoms with Gasteiger partial charge in [-0.1, -0.05) is 12.1 Å². The number of anilines is 1. The van der Waals surface area contributed by atoms with E-state index in [4.69, 9.17) is 10.5 Å². The van der Waals surface area contributed by atoms with Gasteiger partial charge in [0, 0.05) is 4.88 Å². The van der Waals surface area contributed by atoms with Gasteiger partial charge >= 0.3 is 5.97 Å². The van der Waals surface area contributed by atoms with Gasteiger partial charge in [0.15, 0.2) is 6.61 Å². The third kappa shape index (κ3) is 3.70. The lowest BCUT2D eigenvalue weighted by Crippen LogP contribution is -2.23. The first-order valence-electron chi connectivity index (χ1n) is 8.16. The monoisotopic (exact) mass is 374 g/mol. The number of phenols is 1. The maximum Gasteiger partial charge on any atom is 0.342 e. The molecule has 1 aliphatic rings. The molecule has 0 atom stereocenters. The lowest BCUT2D eigenvalue weighted by molar-refractivity contribution is -0.119. The van der Waals surface area contributed by atoms with E-state index >= 15 is 0 Å². The number of amides is 2. The number of hydrogen-bond donors (Lipinski definition) is 3. The Morgan fingerprint density at radius 3 is 2.65 bits per heavy atom. The standard InChI is InChI=1S/C18H18N2O5S/c19-16(23)15-11-6-2-4-8-13(11)26-17(15)20-14(22)9-25-18(24)10-5-1-3-7-12(10)21/h1,3,5,7,21H,2,4,6,8-9H2,(H2,19,23)(H,20,22). The minimum Gasteiger partial charge on any atom is -0.507 e. The maximum absolute atomic E-state index is 12.1. The Balaban J connectivity index is 1.67. The molecular formula is C18H18N2O5S. The average molecular weight is 374 g/mol. The van der Waals surface area contributed by atoms with E-state index in [-0.39, 0.29) is 11.3 Å². The van der Waals surface area contributed by atoms with E-state index in [0.717, 1.165) is 36.1 Å². The Morgan fingerprint density at radius 1 is 1.19 bits per heavy atom. The molecule has 0 saturated heterocycles. The highest BCUT2D eigenvalue weighted by Gasteiger charge is 2.25. The summed E-state index contributed by atoms with van der Waals surface area (Å²) in [5, 5.41) is 12.6. The second kappa shape index (κ2) is 7.57. The molecule has 0 bridgehead atoms. The summed E-state index contributed by atoms with van der Waals surface area (Å²) in [5.41, 5.74) is 6.72. The molecular weight excluding hydrogens is 356 g/mol. The molecule has 0 spiro atoms. The van der Waals surface area contributed by atoms with Crippen molar-refractivity contribution in [1.29, 1.82) is 0 Å². The predicted molar refractivity (Wildman–Crippen MR) is 96.5 cm³/mol. The van der Waals surface area contributed by atoms with Gasteiger partial charge in [-0.3, -0.25) is 9.59 Å². The second-order valence-electron chi connectivity index (χ2n) is 5.92. The number of aromatic hydroxyl groups is 1. The van der Waals surface area contributed by atoms with Crippen LogP contribution in [0.1, 0.15) is 44.0 Å². The van der Waals surface area contributed by atoms with Crippen molar-refractivity contribution in [3.8, 4) is 5.75 Å². The third-order valence-electron chi connectivity index (χ3n) is 4.13. The van der Waals surface area contributed by atoms with Crippen LogP contribution in [0.5, 0.6) is 5.75 Å². The van der Waals surface area contributed by atoms with E-state index < -0.39 is 24.4 Å². The first-order valence-corrected chi connectivity index (χ1v) is 8.98. The highest BCUT2D eigenvalue weighted by molar-refractivity contribution is 7.17. The smallest absolute Gasteiger partial charge is 0.342 e. The molecule has 0 aliphatic heterocycles. The second-order valence-corrected chi connectivity index (χ2v) is 7.03. The molecule has 1 aliphatic carbocycles. The molecule has 136 valence electrons. The fraction of sp³-hybridized carbons (Fsp3) is 0.278.